The minimum Gasteiger partial charge on any atom is -0.493 e. The van der Waals surface area contributed by atoms with Gasteiger partial charge in [-0.25, -0.2) is 4.79 Å². The summed E-state index contributed by atoms with van der Waals surface area (Å²) in [6, 6.07) is 18.7. The number of hydrogen-bond donors (Lipinski definition) is 0. The van der Waals surface area contributed by atoms with Crippen molar-refractivity contribution in [1.82, 2.24) is 14.8 Å². The molecule has 6 heteroatoms. The molecule has 0 spiro atoms. The summed E-state index contributed by atoms with van der Waals surface area (Å²) in [4.78, 5) is 20.8. The molecule has 0 aliphatic carbocycles. The number of hydrogen-bond acceptors (Lipinski definition) is 5. The van der Waals surface area contributed by atoms with Gasteiger partial charge in [0.05, 0.1) is 12.1 Å². The van der Waals surface area contributed by atoms with E-state index >= 15 is 0 Å². The summed E-state index contributed by atoms with van der Waals surface area (Å²) in [6.45, 7) is 10.4. The van der Waals surface area contributed by atoms with E-state index in [-0.39, 0.29) is 6.09 Å². The Kier molecular flexibility index (Phi) is 7.14. The van der Waals surface area contributed by atoms with Crippen molar-refractivity contribution < 1.29 is 14.3 Å². The van der Waals surface area contributed by atoms with Crippen LogP contribution >= 0.6 is 0 Å². The van der Waals surface area contributed by atoms with Gasteiger partial charge in [0.25, 0.3) is 0 Å². The number of aromatic nitrogens is 1. The van der Waals surface area contributed by atoms with E-state index in [0.29, 0.717) is 19.7 Å². The van der Waals surface area contributed by atoms with Gasteiger partial charge < -0.3 is 14.4 Å². The molecule has 0 unspecified atom stereocenters. The molecule has 1 amide bonds. The first-order chi connectivity index (χ1) is 15.9. The molecule has 4 rings (SSSR count). The Morgan fingerprint density at radius 1 is 0.970 bits per heavy atom. The third-order valence-electron chi connectivity index (χ3n) is 5.69. The normalized spacial score (nSPS) is 14.9. The third kappa shape index (κ3) is 6.68. The molecule has 0 radical (unpaired) electrons. The topological polar surface area (TPSA) is 54.9 Å². The summed E-state index contributed by atoms with van der Waals surface area (Å²) in [5, 5.41) is 1.09. The summed E-state index contributed by atoms with van der Waals surface area (Å²) in [7, 11) is 0. The molecule has 0 bridgehead atoms. The largest absolute Gasteiger partial charge is 0.493 e. The highest BCUT2D eigenvalue weighted by atomic mass is 16.6. The second-order valence-electron chi connectivity index (χ2n) is 9.52. The number of rotatable bonds is 6. The van der Waals surface area contributed by atoms with E-state index in [4.69, 9.17) is 9.47 Å². The van der Waals surface area contributed by atoms with Crippen LogP contribution in [0, 0.1) is 0 Å². The highest BCUT2D eigenvalue weighted by molar-refractivity contribution is 5.79. The molecular weight excluding hydrogens is 414 g/mol. The number of fused-ring (bicyclic) bond motifs is 1. The third-order valence-corrected chi connectivity index (χ3v) is 5.69. The van der Waals surface area contributed by atoms with Crippen molar-refractivity contribution in [2.24, 2.45) is 0 Å². The monoisotopic (exact) mass is 447 g/mol. The quantitative estimate of drug-likeness (QED) is 0.537. The first-order valence-corrected chi connectivity index (χ1v) is 11.6. The maximum absolute atomic E-state index is 12.2. The molecule has 1 aliphatic heterocycles. The summed E-state index contributed by atoms with van der Waals surface area (Å²) >= 11 is 0. The van der Waals surface area contributed by atoms with Crippen molar-refractivity contribution in [3.05, 3.63) is 71.9 Å². The number of pyridine rings is 1. The lowest BCUT2D eigenvalue weighted by Crippen LogP contribution is -2.49. The maximum atomic E-state index is 12.2. The van der Waals surface area contributed by atoms with E-state index in [0.717, 1.165) is 42.7 Å². The van der Waals surface area contributed by atoms with Gasteiger partial charge in [-0.15, -0.1) is 0 Å². The summed E-state index contributed by atoms with van der Waals surface area (Å²) < 4.78 is 11.4. The first-order valence-electron chi connectivity index (χ1n) is 11.6. The molecule has 6 nitrogen and oxygen atoms in total. The molecule has 0 atom stereocenters. The van der Waals surface area contributed by atoms with Crippen LogP contribution in [0.5, 0.6) is 5.75 Å². The predicted molar refractivity (Wildman–Crippen MR) is 130 cm³/mol. The van der Waals surface area contributed by atoms with Crippen LogP contribution in [0.2, 0.25) is 0 Å². The molecule has 0 saturated carbocycles. The maximum Gasteiger partial charge on any atom is 0.410 e. The SMILES string of the molecule is CC(C)(C)OC(=O)N1CCN(Cc2ccc(CCOc3ccc4ncccc4c3)cc2)CC1. The van der Waals surface area contributed by atoms with Crippen LogP contribution < -0.4 is 4.74 Å². The van der Waals surface area contributed by atoms with E-state index in [1.807, 2.05) is 51.1 Å². The number of nitrogens with zero attached hydrogens (tertiary/aromatic N) is 3. The lowest BCUT2D eigenvalue weighted by molar-refractivity contribution is 0.0139. The van der Waals surface area contributed by atoms with E-state index in [1.54, 1.807) is 11.1 Å². The van der Waals surface area contributed by atoms with E-state index in [9.17, 15) is 4.79 Å². The average Bonchev–Trinajstić information content (AvgIpc) is 2.79. The van der Waals surface area contributed by atoms with E-state index in [1.165, 1.54) is 11.1 Å². The summed E-state index contributed by atoms with van der Waals surface area (Å²) in [6.07, 6.45) is 2.45. The van der Waals surface area contributed by atoms with Crippen LogP contribution in [-0.4, -0.2) is 59.3 Å². The van der Waals surface area contributed by atoms with Crippen molar-refractivity contribution in [2.45, 2.75) is 39.3 Å². The minimum atomic E-state index is -0.450. The van der Waals surface area contributed by atoms with Crippen LogP contribution in [0.25, 0.3) is 10.9 Å². The molecule has 2 aromatic carbocycles. The number of benzene rings is 2. The molecule has 33 heavy (non-hydrogen) atoms. The molecule has 1 saturated heterocycles. The number of amides is 1. The molecule has 1 fully saturated rings. The average molecular weight is 448 g/mol. The van der Waals surface area contributed by atoms with E-state index in [2.05, 4.69) is 34.1 Å². The van der Waals surface area contributed by atoms with Gasteiger partial charge in [-0.2, -0.15) is 0 Å². The standard InChI is InChI=1S/C27H33N3O3/c1-27(2,3)33-26(31)30-16-14-29(15-17-30)20-22-8-6-21(7-9-22)12-18-32-24-10-11-25-23(19-24)5-4-13-28-25/h4-11,13,19H,12,14-18,20H2,1-3H3. The molecule has 2 heterocycles. The Balaban J connectivity index is 1.20. The van der Waals surface area contributed by atoms with Gasteiger partial charge in [0.15, 0.2) is 0 Å². The Bertz CT molecular complexity index is 1070. The van der Waals surface area contributed by atoms with Crippen molar-refractivity contribution in [3.63, 3.8) is 0 Å². The summed E-state index contributed by atoms with van der Waals surface area (Å²) in [5.41, 5.74) is 3.07. The predicted octanol–water partition coefficient (Wildman–Crippen LogP) is 4.91. The Morgan fingerprint density at radius 3 is 2.42 bits per heavy atom. The number of carbonyl (C=O) groups is 1. The Hall–Kier alpha value is -3.12. The smallest absolute Gasteiger partial charge is 0.410 e. The fraction of sp³-hybridized carbons (Fsp3) is 0.407. The van der Waals surface area contributed by atoms with Crippen molar-refractivity contribution in [2.75, 3.05) is 32.8 Å². The van der Waals surface area contributed by atoms with Gasteiger partial charge in [0.2, 0.25) is 0 Å². The summed E-state index contributed by atoms with van der Waals surface area (Å²) in [5.74, 6) is 0.873. The van der Waals surface area contributed by atoms with Crippen LogP contribution in [-0.2, 0) is 17.7 Å². The number of carbonyl (C=O) groups excluding carboxylic acids is 1. The van der Waals surface area contributed by atoms with Gasteiger partial charge in [0, 0.05) is 50.7 Å². The van der Waals surface area contributed by atoms with Crippen LogP contribution in [0.4, 0.5) is 4.79 Å². The highest BCUT2D eigenvalue weighted by Gasteiger charge is 2.25. The van der Waals surface area contributed by atoms with E-state index < -0.39 is 5.60 Å². The Morgan fingerprint density at radius 2 is 1.70 bits per heavy atom. The number of piperazine rings is 1. The Labute approximate surface area is 196 Å². The molecule has 1 aromatic heterocycles. The van der Waals surface area contributed by atoms with Gasteiger partial charge in [0.1, 0.15) is 11.4 Å². The molecule has 0 N–H and O–H groups in total. The second kappa shape index (κ2) is 10.2. The second-order valence-corrected chi connectivity index (χ2v) is 9.52. The lowest BCUT2D eigenvalue weighted by Gasteiger charge is -2.35. The molecule has 1 aliphatic rings. The van der Waals surface area contributed by atoms with Gasteiger partial charge in [-0.1, -0.05) is 30.3 Å². The van der Waals surface area contributed by atoms with Crippen molar-refractivity contribution in [3.8, 4) is 5.75 Å². The zero-order chi connectivity index (χ0) is 23.3. The fourth-order valence-electron chi connectivity index (χ4n) is 3.91. The van der Waals surface area contributed by atoms with Crippen LogP contribution in [0.3, 0.4) is 0 Å². The van der Waals surface area contributed by atoms with Crippen molar-refractivity contribution >= 4 is 17.0 Å². The molecular formula is C27H33N3O3. The van der Waals surface area contributed by atoms with Gasteiger partial charge in [-0.05, 0) is 56.2 Å². The van der Waals surface area contributed by atoms with Gasteiger partial charge in [-0.3, -0.25) is 9.88 Å². The highest BCUT2D eigenvalue weighted by Crippen LogP contribution is 2.19. The van der Waals surface area contributed by atoms with Crippen molar-refractivity contribution in [1.29, 1.82) is 0 Å². The van der Waals surface area contributed by atoms with Crippen LogP contribution in [0.1, 0.15) is 31.9 Å². The lowest BCUT2D eigenvalue weighted by atomic mass is 10.1. The minimum absolute atomic E-state index is 0.214. The zero-order valence-electron chi connectivity index (χ0n) is 19.8. The zero-order valence-corrected chi connectivity index (χ0v) is 19.8. The van der Waals surface area contributed by atoms with Gasteiger partial charge >= 0.3 is 6.09 Å². The fourth-order valence-corrected chi connectivity index (χ4v) is 3.91. The van der Waals surface area contributed by atoms with Crippen LogP contribution in [0.15, 0.2) is 60.8 Å². The molecule has 3 aromatic rings. The molecule has 174 valence electrons. The first kappa shape index (κ1) is 23.1. The number of ether oxygens (including phenoxy) is 2.